The van der Waals surface area contributed by atoms with Crippen molar-refractivity contribution < 1.29 is 14.0 Å². The smallest absolute Gasteiger partial charge is 0.240 e. The molecule has 1 saturated heterocycles. The third kappa shape index (κ3) is 2.92. The summed E-state index contributed by atoms with van der Waals surface area (Å²) in [5.41, 5.74) is 1.15. The van der Waals surface area contributed by atoms with E-state index in [-0.39, 0.29) is 6.04 Å². The van der Waals surface area contributed by atoms with Gasteiger partial charge in [0.25, 0.3) is 0 Å². The average molecular weight is 303 g/mol. The molecule has 0 bridgehead atoms. The lowest BCUT2D eigenvalue weighted by atomic mass is 10.0. The van der Waals surface area contributed by atoms with Crippen molar-refractivity contribution in [3.8, 4) is 11.5 Å². The van der Waals surface area contributed by atoms with Crippen LogP contribution in [0.15, 0.2) is 22.7 Å². The van der Waals surface area contributed by atoms with E-state index in [4.69, 9.17) is 14.0 Å². The molecule has 1 unspecified atom stereocenters. The number of ether oxygens (including phenoxy) is 2. The first-order valence-corrected chi connectivity index (χ1v) is 7.46. The van der Waals surface area contributed by atoms with Crippen LogP contribution in [-0.2, 0) is 6.54 Å². The third-order valence-corrected chi connectivity index (χ3v) is 4.07. The Kier molecular flexibility index (Phi) is 4.29. The van der Waals surface area contributed by atoms with Crippen LogP contribution in [0.3, 0.4) is 0 Å². The van der Waals surface area contributed by atoms with Gasteiger partial charge >= 0.3 is 0 Å². The van der Waals surface area contributed by atoms with Gasteiger partial charge in [-0.2, -0.15) is 4.98 Å². The Hall–Kier alpha value is -2.08. The number of aromatic nitrogens is 2. The van der Waals surface area contributed by atoms with E-state index in [1.807, 2.05) is 19.1 Å². The van der Waals surface area contributed by atoms with E-state index in [0.29, 0.717) is 18.3 Å². The number of nitrogens with zero attached hydrogens (tertiary/aromatic N) is 3. The molecule has 0 amide bonds. The predicted octanol–water partition coefficient (Wildman–Crippen LogP) is 2.73. The summed E-state index contributed by atoms with van der Waals surface area (Å²) in [6, 6.07) is 6.21. The van der Waals surface area contributed by atoms with Crippen molar-refractivity contribution in [1.29, 1.82) is 0 Å². The average Bonchev–Trinajstić information content (AvgIpc) is 3.16. The van der Waals surface area contributed by atoms with Crippen LogP contribution in [0.5, 0.6) is 11.5 Å². The highest BCUT2D eigenvalue weighted by Gasteiger charge is 2.30. The largest absolute Gasteiger partial charge is 0.497 e. The van der Waals surface area contributed by atoms with Crippen molar-refractivity contribution in [2.75, 3.05) is 20.8 Å². The van der Waals surface area contributed by atoms with Gasteiger partial charge in [0.05, 0.1) is 20.8 Å². The molecule has 2 aromatic rings. The standard InChI is InChI=1S/C16H21N3O3/c1-11-17-16(22-18-11)10-19-8-4-5-14(19)13-9-12(20-2)6-7-15(13)21-3/h6-7,9,14H,4-5,8,10H2,1-3H3. The van der Waals surface area contributed by atoms with Gasteiger partial charge in [-0.1, -0.05) is 5.16 Å². The lowest BCUT2D eigenvalue weighted by Gasteiger charge is -2.25. The molecule has 118 valence electrons. The topological polar surface area (TPSA) is 60.6 Å². The van der Waals surface area contributed by atoms with E-state index < -0.39 is 0 Å². The van der Waals surface area contributed by atoms with Gasteiger partial charge in [-0.15, -0.1) is 0 Å². The van der Waals surface area contributed by atoms with Gasteiger partial charge in [0.15, 0.2) is 5.82 Å². The second-order valence-electron chi connectivity index (χ2n) is 5.47. The van der Waals surface area contributed by atoms with E-state index in [1.165, 1.54) is 0 Å². The van der Waals surface area contributed by atoms with Gasteiger partial charge in [-0.05, 0) is 44.5 Å². The van der Waals surface area contributed by atoms with Gasteiger partial charge in [-0.3, -0.25) is 4.90 Å². The Morgan fingerprint density at radius 2 is 2.18 bits per heavy atom. The first-order chi connectivity index (χ1) is 10.7. The second-order valence-corrected chi connectivity index (χ2v) is 5.47. The summed E-state index contributed by atoms with van der Waals surface area (Å²) >= 11 is 0. The highest BCUT2D eigenvalue weighted by Crippen LogP contribution is 2.39. The maximum absolute atomic E-state index is 5.53. The molecule has 6 heteroatoms. The number of methoxy groups -OCH3 is 2. The molecule has 6 nitrogen and oxygen atoms in total. The number of likely N-dealkylation sites (tertiary alicyclic amines) is 1. The number of rotatable bonds is 5. The molecule has 1 aliphatic rings. The van der Waals surface area contributed by atoms with Crippen molar-refractivity contribution in [2.45, 2.75) is 32.4 Å². The highest BCUT2D eigenvalue weighted by molar-refractivity contribution is 5.42. The van der Waals surface area contributed by atoms with Crippen LogP contribution in [-0.4, -0.2) is 35.8 Å². The fourth-order valence-corrected chi connectivity index (χ4v) is 3.05. The quantitative estimate of drug-likeness (QED) is 0.846. The molecule has 0 aliphatic carbocycles. The van der Waals surface area contributed by atoms with Crippen molar-refractivity contribution in [2.24, 2.45) is 0 Å². The van der Waals surface area contributed by atoms with Crippen LogP contribution in [0.1, 0.15) is 36.2 Å². The number of benzene rings is 1. The summed E-state index contributed by atoms with van der Waals surface area (Å²) in [6.07, 6.45) is 2.22. The SMILES string of the molecule is COc1ccc(OC)c(C2CCCN2Cc2nc(C)no2)c1. The van der Waals surface area contributed by atoms with Crippen molar-refractivity contribution >= 4 is 0 Å². The molecule has 0 saturated carbocycles. The van der Waals surface area contributed by atoms with Crippen LogP contribution in [0, 0.1) is 6.92 Å². The fraction of sp³-hybridized carbons (Fsp3) is 0.500. The van der Waals surface area contributed by atoms with E-state index in [2.05, 4.69) is 21.1 Å². The van der Waals surface area contributed by atoms with Crippen LogP contribution < -0.4 is 9.47 Å². The molecule has 3 rings (SSSR count). The van der Waals surface area contributed by atoms with Gasteiger partial charge in [0.2, 0.25) is 5.89 Å². The second kappa shape index (κ2) is 6.36. The molecular weight excluding hydrogens is 282 g/mol. The number of hydrogen-bond acceptors (Lipinski definition) is 6. The molecule has 1 aliphatic heterocycles. The minimum absolute atomic E-state index is 0.275. The molecule has 1 aromatic heterocycles. The predicted molar refractivity (Wildman–Crippen MR) is 81.0 cm³/mol. The number of hydrogen-bond donors (Lipinski definition) is 0. The highest BCUT2D eigenvalue weighted by atomic mass is 16.5. The summed E-state index contributed by atoms with van der Waals surface area (Å²) in [4.78, 5) is 6.65. The third-order valence-electron chi connectivity index (χ3n) is 4.07. The first-order valence-electron chi connectivity index (χ1n) is 7.46. The van der Waals surface area contributed by atoms with Gasteiger partial charge in [0, 0.05) is 11.6 Å². The van der Waals surface area contributed by atoms with E-state index in [1.54, 1.807) is 14.2 Å². The monoisotopic (exact) mass is 303 g/mol. The first kappa shape index (κ1) is 14.8. The molecule has 1 aromatic carbocycles. The summed E-state index contributed by atoms with van der Waals surface area (Å²) in [5, 5.41) is 3.86. The van der Waals surface area contributed by atoms with Gasteiger partial charge in [-0.25, -0.2) is 0 Å². The molecule has 0 N–H and O–H groups in total. The summed E-state index contributed by atoms with van der Waals surface area (Å²) in [5.74, 6) is 3.06. The van der Waals surface area contributed by atoms with E-state index in [9.17, 15) is 0 Å². The zero-order valence-corrected chi connectivity index (χ0v) is 13.2. The zero-order valence-electron chi connectivity index (χ0n) is 13.2. The Bertz CT molecular complexity index is 641. The maximum Gasteiger partial charge on any atom is 0.240 e. The normalized spacial score (nSPS) is 18.6. The molecule has 0 spiro atoms. The summed E-state index contributed by atoms with van der Waals surface area (Å²) in [6.45, 7) is 3.50. The Labute approximate surface area is 130 Å². The lowest BCUT2D eigenvalue weighted by molar-refractivity contribution is 0.208. The molecule has 22 heavy (non-hydrogen) atoms. The fourth-order valence-electron chi connectivity index (χ4n) is 3.05. The summed E-state index contributed by atoms with van der Waals surface area (Å²) < 4.78 is 16.1. The van der Waals surface area contributed by atoms with Crippen molar-refractivity contribution in [3.05, 3.63) is 35.5 Å². The lowest BCUT2D eigenvalue weighted by Crippen LogP contribution is -2.23. The van der Waals surface area contributed by atoms with Gasteiger partial charge < -0.3 is 14.0 Å². The van der Waals surface area contributed by atoms with Crippen LogP contribution >= 0.6 is 0 Å². The van der Waals surface area contributed by atoms with Crippen LogP contribution in [0.25, 0.3) is 0 Å². The molecule has 2 heterocycles. The van der Waals surface area contributed by atoms with Gasteiger partial charge in [0.1, 0.15) is 11.5 Å². The Morgan fingerprint density at radius 3 is 2.86 bits per heavy atom. The molecular formula is C16H21N3O3. The minimum atomic E-state index is 0.275. The summed E-state index contributed by atoms with van der Waals surface area (Å²) in [7, 11) is 3.38. The zero-order chi connectivity index (χ0) is 15.5. The van der Waals surface area contributed by atoms with Crippen LogP contribution in [0.2, 0.25) is 0 Å². The van der Waals surface area contributed by atoms with E-state index >= 15 is 0 Å². The minimum Gasteiger partial charge on any atom is -0.497 e. The molecule has 1 atom stereocenters. The van der Waals surface area contributed by atoms with Crippen LogP contribution in [0.4, 0.5) is 0 Å². The van der Waals surface area contributed by atoms with Crippen molar-refractivity contribution in [3.63, 3.8) is 0 Å². The molecule has 0 radical (unpaired) electrons. The van der Waals surface area contributed by atoms with Crippen molar-refractivity contribution in [1.82, 2.24) is 15.0 Å². The van der Waals surface area contributed by atoms with E-state index in [0.717, 1.165) is 36.4 Å². The Balaban J connectivity index is 1.86. The Morgan fingerprint density at radius 1 is 1.32 bits per heavy atom. The number of aryl methyl sites for hydroxylation is 1. The molecule has 1 fully saturated rings. The maximum atomic E-state index is 5.53.